The minimum atomic E-state index is -4.77. The Balaban J connectivity index is 1.82. The molecule has 1 aliphatic carbocycles. The highest BCUT2D eigenvalue weighted by Gasteiger charge is 2.38. The van der Waals surface area contributed by atoms with Crippen LogP contribution in [0.3, 0.4) is 0 Å². The lowest BCUT2D eigenvalue weighted by Crippen LogP contribution is -2.27. The van der Waals surface area contributed by atoms with Crippen LogP contribution in [0.1, 0.15) is 28.9 Å². The van der Waals surface area contributed by atoms with E-state index in [2.05, 4.69) is 15.3 Å². The zero-order valence-corrected chi connectivity index (χ0v) is 15.6. The molecule has 3 rings (SSSR count). The fraction of sp³-hybridized carbons (Fsp3) is 0.412. The van der Waals surface area contributed by atoms with E-state index in [-0.39, 0.29) is 16.5 Å². The third-order valence-electron chi connectivity index (χ3n) is 4.30. The van der Waals surface area contributed by atoms with Gasteiger partial charge in [0, 0.05) is 16.0 Å². The molecular formula is C17H19F3N4O4S. The molecule has 1 heterocycles. The molecule has 1 aliphatic rings. The summed E-state index contributed by atoms with van der Waals surface area (Å²) >= 11 is 0. The molecule has 0 unspecified atom stereocenters. The number of nitrogens with zero attached hydrogens (tertiary/aromatic N) is 2. The number of halogens is 3. The molecule has 0 spiro atoms. The predicted molar refractivity (Wildman–Crippen MR) is 97.3 cm³/mol. The lowest BCUT2D eigenvalue weighted by atomic mass is 10.2. The number of ether oxygens (including phenoxy) is 1. The lowest BCUT2D eigenvalue weighted by molar-refractivity contribution is -0.140. The quantitative estimate of drug-likeness (QED) is 0.639. The maximum atomic E-state index is 13.3. The lowest BCUT2D eigenvalue weighted by Gasteiger charge is -2.19. The van der Waals surface area contributed by atoms with Crippen LogP contribution in [-0.2, 0) is 16.2 Å². The van der Waals surface area contributed by atoms with E-state index in [1.807, 2.05) is 0 Å². The number of aliphatic hydroxyl groups excluding tert-OH is 1. The molecular weight excluding hydrogens is 413 g/mol. The van der Waals surface area contributed by atoms with Gasteiger partial charge in [0.2, 0.25) is 21.9 Å². The molecule has 0 radical (unpaired) electrons. The molecule has 12 heteroatoms. The van der Waals surface area contributed by atoms with Gasteiger partial charge in [-0.25, -0.2) is 18.1 Å². The topological polar surface area (TPSA) is 113 Å². The van der Waals surface area contributed by atoms with Crippen molar-refractivity contribution in [1.29, 1.82) is 0 Å². The Bertz CT molecular complexity index is 1070. The van der Waals surface area contributed by atoms with Crippen LogP contribution in [0.15, 0.2) is 35.4 Å². The summed E-state index contributed by atoms with van der Waals surface area (Å²) in [6, 6.07) is 4.73. The maximum absolute atomic E-state index is 13.3. The molecule has 1 saturated carbocycles. The summed E-state index contributed by atoms with van der Waals surface area (Å²) in [6.07, 6.45) is -4.56. The molecule has 0 aliphatic heterocycles. The van der Waals surface area contributed by atoms with Crippen molar-refractivity contribution in [2.45, 2.75) is 42.5 Å². The summed E-state index contributed by atoms with van der Waals surface area (Å²) in [4.78, 5) is 7.07. The smallest absolute Gasteiger partial charge is 0.423 e. The molecule has 29 heavy (non-hydrogen) atoms. The SMILES string of the molecule is [2H]C([2H])([2H])NS(=O)(=O)c1ccc(Nc2ncc(C(F)(F)F)c(O[C@H]3CCC[C@H]3O)n2)cc1. The third kappa shape index (κ3) is 4.95. The molecule has 158 valence electrons. The number of hydrogen-bond acceptors (Lipinski definition) is 7. The Morgan fingerprint density at radius 3 is 2.59 bits per heavy atom. The summed E-state index contributed by atoms with van der Waals surface area (Å²) in [6.45, 7) is -2.91. The number of hydrogen-bond donors (Lipinski definition) is 3. The van der Waals surface area contributed by atoms with Crippen LogP contribution in [0.2, 0.25) is 0 Å². The Labute approximate surface area is 169 Å². The molecule has 2 aromatic rings. The highest BCUT2D eigenvalue weighted by Crippen LogP contribution is 2.37. The van der Waals surface area contributed by atoms with E-state index in [0.717, 1.165) is 12.1 Å². The van der Waals surface area contributed by atoms with E-state index in [4.69, 9.17) is 8.85 Å². The fourth-order valence-electron chi connectivity index (χ4n) is 2.80. The van der Waals surface area contributed by atoms with Crippen molar-refractivity contribution >= 4 is 21.7 Å². The fourth-order valence-corrected chi connectivity index (χ4v) is 3.42. The first-order valence-electron chi connectivity index (χ1n) is 9.95. The van der Waals surface area contributed by atoms with Crippen LogP contribution in [-0.4, -0.2) is 42.7 Å². The standard InChI is InChI=1S/C17H19F3N4O4S/c1-21-29(26,27)11-7-5-10(6-8-11)23-16-22-9-12(17(18,19)20)15(24-16)28-14-4-2-3-13(14)25/h5-9,13-14,21,25H,2-4H2,1H3,(H,22,23,24)/t13-,14+/m1/s1/i1D3. The van der Waals surface area contributed by atoms with E-state index in [9.17, 15) is 26.7 Å². The van der Waals surface area contributed by atoms with Gasteiger partial charge in [-0.1, -0.05) is 0 Å². The van der Waals surface area contributed by atoms with E-state index < -0.39 is 46.8 Å². The Morgan fingerprint density at radius 1 is 1.28 bits per heavy atom. The van der Waals surface area contributed by atoms with Crippen LogP contribution >= 0.6 is 0 Å². The average Bonchev–Trinajstić information content (AvgIpc) is 3.04. The van der Waals surface area contributed by atoms with E-state index in [1.165, 1.54) is 16.9 Å². The second kappa shape index (κ2) is 8.13. The number of alkyl halides is 3. The molecule has 0 saturated heterocycles. The molecule has 0 amide bonds. The summed E-state index contributed by atoms with van der Waals surface area (Å²) in [5.41, 5.74) is -0.969. The largest absolute Gasteiger partial charge is 0.471 e. The van der Waals surface area contributed by atoms with Crippen LogP contribution in [0.5, 0.6) is 5.88 Å². The second-order valence-corrected chi connectivity index (χ2v) is 8.00. The third-order valence-corrected chi connectivity index (χ3v) is 5.46. The van der Waals surface area contributed by atoms with Gasteiger partial charge in [-0.2, -0.15) is 18.2 Å². The van der Waals surface area contributed by atoms with Crippen molar-refractivity contribution in [2.75, 3.05) is 12.3 Å². The summed E-state index contributed by atoms with van der Waals surface area (Å²) in [5, 5.41) is 12.5. The van der Waals surface area contributed by atoms with Gasteiger partial charge < -0.3 is 15.2 Å². The second-order valence-electron chi connectivity index (χ2n) is 6.32. The first-order valence-corrected chi connectivity index (χ1v) is 9.93. The first-order chi connectivity index (χ1) is 14.7. The highest BCUT2D eigenvalue weighted by atomic mass is 32.2. The van der Waals surface area contributed by atoms with Crippen molar-refractivity contribution in [2.24, 2.45) is 0 Å². The zero-order valence-electron chi connectivity index (χ0n) is 17.8. The van der Waals surface area contributed by atoms with Crippen LogP contribution < -0.4 is 14.8 Å². The average molecular weight is 435 g/mol. The van der Waals surface area contributed by atoms with Gasteiger partial charge in [0.1, 0.15) is 11.7 Å². The van der Waals surface area contributed by atoms with Crippen LogP contribution in [0, 0.1) is 0 Å². The van der Waals surface area contributed by atoms with Gasteiger partial charge in [0.25, 0.3) is 0 Å². The van der Waals surface area contributed by atoms with Gasteiger partial charge in [-0.05, 0) is 50.5 Å². The van der Waals surface area contributed by atoms with Crippen molar-refractivity contribution < 1.29 is 35.5 Å². The van der Waals surface area contributed by atoms with Gasteiger partial charge in [-0.3, -0.25) is 0 Å². The van der Waals surface area contributed by atoms with E-state index in [1.54, 1.807) is 0 Å². The van der Waals surface area contributed by atoms with Gasteiger partial charge in [0.15, 0.2) is 0 Å². The van der Waals surface area contributed by atoms with Gasteiger partial charge >= 0.3 is 6.18 Å². The summed E-state index contributed by atoms with van der Waals surface area (Å²) in [7, 11) is -4.30. The Hall–Kier alpha value is -2.44. The van der Waals surface area contributed by atoms with Crippen LogP contribution in [0.25, 0.3) is 0 Å². The normalized spacial score (nSPS) is 21.9. The summed E-state index contributed by atoms with van der Waals surface area (Å²) < 4.78 is 91.9. The molecule has 1 aromatic heterocycles. The van der Waals surface area contributed by atoms with E-state index in [0.29, 0.717) is 25.5 Å². The Morgan fingerprint density at radius 2 is 2.00 bits per heavy atom. The molecule has 3 N–H and O–H groups in total. The summed E-state index contributed by atoms with van der Waals surface area (Å²) in [5.74, 6) is -0.987. The molecule has 2 atom stereocenters. The monoisotopic (exact) mass is 435 g/mol. The number of sulfonamides is 1. The molecule has 1 aromatic carbocycles. The number of benzene rings is 1. The van der Waals surface area contributed by atoms with Gasteiger partial charge in [-0.15, -0.1) is 0 Å². The first kappa shape index (κ1) is 17.4. The Kier molecular flexibility index (Phi) is 4.88. The number of nitrogens with one attached hydrogen (secondary N) is 2. The van der Waals surface area contributed by atoms with E-state index >= 15 is 0 Å². The predicted octanol–water partition coefficient (Wildman–Crippen LogP) is 2.44. The zero-order chi connectivity index (χ0) is 23.7. The van der Waals surface area contributed by atoms with Crippen molar-refractivity contribution in [1.82, 2.24) is 14.7 Å². The number of aliphatic hydroxyl groups is 1. The number of anilines is 2. The maximum Gasteiger partial charge on any atom is 0.423 e. The molecule has 8 nitrogen and oxygen atoms in total. The van der Waals surface area contributed by atoms with Crippen LogP contribution in [0.4, 0.5) is 24.8 Å². The van der Waals surface area contributed by atoms with Gasteiger partial charge in [0.05, 0.1) is 11.0 Å². The molecule has 1 fully saturated rings. The number of aromatic nitrogens is 2. The van der Waals surface area contributed by atoms with Crippen molar-refractivity contribution in [3.63, 3.8) is 0 Å². The van der Waals surface area contributed by atoms with Crippen molar-refractivity contribution in [3.05, 3.63) is 36.0 Å². The molecule has 0 bridgehead atoms. The highest BCUT2D eigenvalue weighted by molar-refractivity contribution is 7.89. The minimum absolute atomic E-state index is 0.226. The number of rotatable bonds is 6. The van der Waals surface area contributed by atoms with Crippen molar-refractivity contribution in [3.8, 4) is 5.88 Å². The minimum Gasteiger partial charge on any atom is -0.471 e.